The second kappa shape index (κ2) is 9.26. The molecule has 1 heterocycles. The van der Waals surface area contributed by atoms with Gasteiger partial charge in [-0.2, -0.15) is 0 Å². The van der Waals surface area contributed by atoms with Gasteiger partial charge in [0.15, 0.2) is 0 Å². The van der Waals surface area contributed by atoms with Crippen LogP contribution in [0.3, 0.4) is 0 Å². The molecule has 4 aromatic rings. The number of phenolic OH excluding ortho intramolecular Hbond substituents is 1. The number of nitrogens with one attached hydrogen (secondary N) is 1. The molecule has 0 fully saturated rings. The van der Waals surface area contributed by atoms with E-state index in [1.54, 1.807) is 6.92 Å². The quantitative estimate of drug-likeness (QED) is 0.388. The number of fused-ring (bicyclic) bond motifs is 1. The molecule has 0 aliphatic carbocycles. The van der Waals surface area contributed by atoms with Gasteiger partial charge in [-0.1, -0.05) is 42.5 Å². The van der Waals surface area contributed by atoms with Gasteiger partial charge in [-0.05, 0) is 48.7 Å². The summed E-state index contributed by atoms with van der Waals surface area (Å²) in [5.74, 6) is -1.25. The lowest BCUT2D eigenvalue weighted by Crippen LogP contribution is -2.38. The molecule has 3 N–H and O–H groups in total. The Morgan fingerprint density at radius 3 is 2.42 bits per heavy atom. The van der Waals surface area contributed by atoms with E-state index in [0.717, 1.165) is 5.56 Å². The second-order valence-corrected chi connectivity index (χ2v) is 7.77. The summed E-state index contributed by atoms with van der Waals surface area (Å²) < 4.78 is 19.3. The summed E-state index contributed by atoms with van der Waals surface area (Å²) in [7, 11) is 0. The van der Waals surface area contributed by atoms with Crippen LogP contribution in [0.5, 0.6) is 5.75 Å². The Hall–Kier alpha value is -3.97. The lowest BCUT2D eigenvalue weighted by Gasteiger charge is -2.16. The van der Waals surface area contributed by atoms with Crippen LogP contribution < -0.4 is 10.7 Å². The summed E-state index contributed by atoms with van der Waals surface area (Å²) in [5, 5.41) is 23.3. The number of phenols is 1. The average Bonchev–Trinajstić information content (AvgIpc) is 2.79. The fraction of sp³-hybridized carbons (Fsp3) is 0.154. The van der Waals surface area contributed by atoms with Crippen LogP contribution in [0.2, 0.25) is 0 Å². The SMILES string of the molecule is Cc1oc2c(CN[C@H](Cc3ccccc3)C(=O)O)c(O)ccc2c(=O)c1-c1ccc(F)cc1. The topological polar surface area (TPSA) is 99.8 Å². The van der Waals surface area contributed by atoms with E-state index in [4.69, 9.17) is 4.42 Å². The predicted octanol–water partition coefficient (Wildman–Crippen LogP) is 4.40. The molecule has 0 bridgehead atoms. The summed E-state index contributed by atoms with van der Waals surface area (Å²) in [5.41, 5.74) is 1.83. The first-order chi connectivity index (χ1) is 15.8. The van der Waals surface area contributed by atoms with E-state index in [1.807, 2.05) is 30.3 Å². The standard InChI is InChI=1S/C26H22FNO5/c1-15-23(17-7-9-18(27)10-8-17)24(30)19-11-12-22(29)20(25(19)33-15)14-28-21(26(31)32)13-16-5-3-2-4-6-16/h2-12,21,28-29H,13-14H2,1H3,(H,31,32)/t21-/m1/s1. The third-order valence-corrected chi connectivity index (χ3v) is 5.55. The molecule has 7 heteroatoms. The molecule has 1 aromatic heterocycles. The summed E-state index contributed by atoms with van der Waals surface area (Å²) in [6, 6.07) is 16.7. The van der Waals surface area contributed by atoms with Crippen LogP contribution >= 0.6 is 0 Å². The third-order valence-electron chi connectivity index (χ3n) is 5.55. The molecule has 4 rings (SSSR count). The number of rotatable bonds is 7. The molecule has 0 spiro atoms. The van der Waals surface area contributed by atoms with Gasteiger partial charge in [-0.15, -0.1) is 0 Å². The number of carbonyl (C=O) groups is 1. The number of carboxylic acids is 1. The smallest absolute Gasteiger partial charge is 0.321 e. The Morgan fingerprint density at radius 2 is 1.76 bits per heavy atom. The van der Waals surface area contributed by atoms with Gasteiger partial charge < -0.3 is 14.6 Å². The molecule has 0 aliphatic rings. The maximum absolute atomic E-state index is 13.3. The Morgan fingerprint density at radius 1 is 1.06 bits per heavy atom. The van der Waals surface area contributed by atoms with E-state index >= 15 is 0 Å². The Labute approximate surface area is 188 Å². The number of aliphatic carboxylic acids is 1. The van der Waals surface area contributed by atoms with Crippen molar-refractivity contribution in [3.05, 3.63) is 99.7 Å². The van der Waals surface area contributed by atoms with Crippen LogP contribution in [0.1, 0.15) is 16.9 Å². The van der Waals surface area contributed by atoms with E-state index in [1.165, 1.54) is 36.4 Å². The average molecular weight is 447 g/mol. The van der Waals surface area contributed by atoms with Gasteiger partial charge >= 0.3 is 5.97 Å². The number of aryl methyl sites for hydroxylation is 1. The molecule has 33 heavy (non-hydrogen) atoms. The minimum absolute atomic E-state index is 0.0226. The molecule has 3 aromatic carbocycles. The molecular weight excluding hydrogens is 425 g/mol. The van der Waals surface area contributed by atoms with Crippen LogP contribution in [0.15, 0.2) is 75.9 Å². The van der Waals surface area contributed by atoms with Crippen molar-refractivity contribution in [1.29, 1.82) is 0 Å². The maximum atomic E-state index is 13.3. The van der Waals surface area contributed by atoms with Crippen molar-refractivity contribution in [2.45, 2.75) is 25.9 Å². The largest absolute Gasteiger partial charge is 0.507 e. The number of aromatic hydroxyl groups is 1. The summed E-state index contributed by atoms with van der Waals surface area (Å²) in [4.78, 5) is 25.0. The summed E-state index contributed by atoms with van der Waals surface area (Å²) in [6.07, 6.45) is 0.249. The molecular formula is C26H22FNO5. The first kappa shape index (κ1) is 22.2. The molecule has 1 atom stereocenters. The zero-order valence-corrected chi connectivity index (χ0v) is 17.8. The predicted molar refractivity (Wildman–Crippen MR) is 123 cm³/mol. The lowest BCUT2D eigenvalue weighted by atomic mass is 10.0. The first-order valence-corrected chi connectivity index (χ1v) is 10.4. The van der Waals surface area contributed by atoms with Gasteiger partial charge in [-0.3, -0.25) is 14.9 Å². The summed E-state index contributed by atoms with van der Waals surface area (Å²) >= 11 is 0. The Balaban J connectivity index is 1.70. The maximum Gasteiger partial charge on any atom is 0.321 e. The highest BCUT2D eigenvalue weighted by Crippen LogP contribution is 2.30. The fourth-order valence-corrected chi connectivity index (χ4v) is 3.86. The van der Waals surface area contributed by atoms with Crippen LogP contribution in [0.4, 0.5) is 4.39 Å². The highest BCUT2D eigenvalue weighted by Gasteiger charge is 2.21. The molecule has 0 amide bonds. The van der Waals surface area contributed by atoms with E-state index in [-0.39, 0.29) is 40.7 Å². The van der Waals surface area contributed by atoms with Gasteiger partial charge in [0.05, 0.1) is 16.5 Å². The highest BCUT2D eigenvalue weighted by atomic mass is 19.1. The van der Waals surface area contributed by atoms with Gasteiger partial charge in [-0.25, -0.2) is 4.39 Å². The number of benzene rings is 3. The highest BCUT2D eigenvalue weighted by molar-refractivity contribution is 5.86. The van der Waals surface area contributed by atoms with Crippen LogP contribution in [-0.2, 0) is 17.8 Å². The van der Waals surface area contributed by atoms with Gasteiger partial charge in [0, 0.05) is 6.54 Å². The van der Waals surface area contributed by atoms with Gasteiger partial charge in [0.1, 0.15) is 29.0 Å². The number of hydrogen-bond acceptors (Lipinski definition) is 5. The molecule has 0 radical (unpaired) electrons. The third kappa shape index (κ3) is 4.63. The van der Waals surface area contributed by atoms with Crippen molar-refractivity contribution >= 4 is 16.9 Å². The van der Waals surface area contributed by atoms with Crippen molar-refractivity contribution in [3.63, 3.8) is 0 Å². The van der Waals surface area contributed by atoms with E-state index in [2.05, 4.69) is 5.32 Å². The number of carboxylic acid groups (broad SMARTS) is 1. The van der Waals surface area contributed by atoms with E-state index in [0.29, 0.717) is 16.9 Å². The number of halogens is 1. The molecule has 6 nitrogen and oxygen atoms in total. The zero-order chi connectivity index (χ0) is 23.5. The normalized spacial score (nSPS) is 12.1. The lowest BCUT2D eigenvalue weighted by molar-refractivity contribution is -0.139. The molecule has 0 unspecified atom stereocenters. The van der Waals surface area contributed by atoms with E-state index < -0.39 is 17.8 Å². The van der Waals surface area contributed by atoms with Gasteiger partial charge in [0.2, 0.25) is 5.43 Å². The zero-order valence-electron chi connectivity index (χ0n) is 17.8. The van der Waals surface area contributed by atoms with Crippen molar-refractivity contribution < 1.29 is 23.8 Å². The van der Waals surface area contributed by atoms with Crippen LogP contribution in [0, 0.1) is 12.7 Å². The second-order valence-electron chi connectivity index (χ2n) is 7.77. The first-order valence-electron chi connectivity index (χ1n) is 10.4. The Bertz CT molecular complexity index is 1360. The van der Waals surface area contributed by atoms with E-state index in [9.17, 15) is 24.2 Å². The van der Waals surface area contributed by atoms with Crippen molar-refractivity contribution in [2.24, 2.45) is 0 Å². The Kier molecular flexibility index (Phi) is 6.24. The van der Waals surface area contributed by atoms with Crippen molar-refractivity contribution in [1.82, 2.24) is 5.32 Å². The molecule has 0 saturated heterocycles. The molecule has 0 aliphatic heterocycles. The minimum atomic E-state index is -1.03. The van der Waals surface area contributed by atoms with Crippen molar-refractivity contribution in [3.8, 4) is 16.9 Å². The number of hydrogen-bond donors (Lipinski definition) is 3. The summed E-state index contributed by atoms with van der Waals surface area (Å²) in [6.45, 7) is 1.60. The monoisotopic (exact) mass is 447 g/mol. The minimum Gasteiger partial charge on any atom is -0.507 e. The van der Waals surface area contributed by atoms with Gasteiger partial charge in [0.25, 0.3) is 0 Å². The molecule has 0 saturated carbocycles. The fourth-order valence-electron chi connectivity index (χ4n) is 3.86. The van der Waals surface area contributed by atoms with Crippen LogP contribution in [-0.4, -0.2) is 22.2 Å². The molecule has 168 valence electrons. The van der Waals surface area contributed by atoms with Crippen molar-refractivity contribution in [2.75, 3.05) is 0 Å². The van der Waals surface area contributed by atoms with Crippen LogP contribution in [0.25, 0.3) is 22.1 Å².